The normalized spacial score (nSPS) is 19.4. The fourth-order valence-electron chi connectivity index (χ4n) is 3.63. The zero-order valence-corrected chi connectivity index (χ0v) is 14.1. The van der Waals surface area contributed by atoms with E-state index in [0.717, 1.165) is 31.7 Å². The molecule has 0 spiro atoms. The van der Waals surface area contributed by atoms with Crippen molar-refractivity contribution in [2.75, 3.05) is 31.1 Å². The molecule has 4 rings (SSSR count). The third kappa shape index (κ3) is 2.85. The molecular weight excluding hydrogens is 332 g/mol. The highest BCUT2D eigenvalue weighted by atomic mass is 32.1. The standard InChI is InChI=1S/C17H19F2N3OS/c18-12-9-13(19)15-14(10-12)24-17(20-15)22-7-5-21(6-8-22)16(23)11-3-1-2-4-11/h9-11H,1-8H2. The zero-order valence-electron chi connectivity index (χ0n) is 13.3. The fraction of sp³-hybridized carbons (Fsp3) is 0.529. The summed E-state index contributed by atoms with van der Waals surface area (Å²) < 4.78 is 27.6. The van der Waals surface area contributed by atoms with E-state index in [1.54, 1.807) is 0 Å². The molecule has 1 aliphatic carbocycles. The number of aromatic nitrogens is 1. The second kappa shape index (κ2) is 6.27. The number of amides is 1. The monoisotopic (exact) mass is 351 g/mol. The lowest BCUT2D eigenvalue weighted by atomic mass is 10.1. The molecule has 2 fully saturated rings. The minimum absolute atomic E-state index is 0.205. The number of hydrogen-bond acceptors (Lipinski definition) is 4. The molecule has 2 aliphatic rings. The number of anilines is 1. The molecule has 4 nitrogen and oxygen atoms in total. The maximum Gasteiger partial charge on any atom is 0.225 e. The van der Waals surface area contributed by atoms with Gasteiger partial charge in [0.2, 0.25) is 5.91 Å². The van der Waals surface area contributed by atoms with Crippen LogP contribution in [0.4, 0.5) is 13.9 Å². The van der Waals surface area contributed by atoms with Crippen LogP contribution in [0.2, 0.25) is 0 Å². The van der Waals surface area contributed by atoms with E-state index in [1.165, 1.54) is 17.4 Å². The zero-order chi connectivity index (χ0) is 16.7. The topological polar surface area (TPSA) is 36.4 Å². The number of rotatable bonds is 2. The minimum Gasteiger partial charge on any atom is -0.345 e. The van der Waals surface area contributed by atoms with E-state index in [9.17, 15) is 13.6 Å². The fourth-order valence-corrected chi connectivity index (χ4v) is 4.69. The first-order valence-electron chi connectivity index (χ1n) is 8.41. The second-order valence-electron chi connectivity index (χ2n) is 6.52. The van der Waals surface area contributed by atoms with Gasteiger partial charge >= 0.3 is 0 Å². The Morgan fingerprint density at radius 2 is 1.83 bits per heavy atom. The van der Waals surface area contributed by atoms with Crippen LogP contribution in [-0.4, -0.2) is 42.0 Å². The summed E-state index contributed by atoms with van der Waals surface area (Å²) in [6.07, 6.45) is 4.35. The lowest BCUT2D eigenvalue weighted by molar-refractivity contribution is -0.135. The summed E-state index contributed by atoms with van der Waals surface area (Å²) in [6.45, 7) is 2.70. The first-order chi connectivity index (χ1) is 11.6. The van der Waals surface area contributed by atoms with Gasteiger partial charge < -0.3 is 9.80 Å². The van der Waals surface area contributed by atoms with Crippen molar-refractivity contribution >= 4 is 32.6 Å². The van der Waals surface area contributed by atoms with Gasteiger partial charge in [-0.2, -0.15) is 0 Å². The highest BCUT2D eigenvalue weighted by Crippen LogP contribution is 2.32. The average molecular weight is 351 g/mol. The second-order valence-corrected chi connectivity index (χ2v) is 7.53. The summed E-state index contributed by atoms with van der Waals surface area (Å²) in [5, 5.41) is 0.697. The van der Waals surface area contributed by atoms with E-state index in [2.05, 4.69) is 9.88 Å². The maximum absolute atomic E-state index is 13.8. The smallest absolute Gasteiger partial charge is 0.225 e. The van der Waals surface area contributed by atoms with Crippen LogP contribution in [-0.2, 0) is 4.79 Å². The molecule has 0 radical (unpaired) electrons. The average Bonchev–Trinajstić information content (AvgIpc) is 3.24. The lowest BCUT2D eigenvalue weighted by Gasteiger charge is -2.35. The highest BCUT2D eigenvalue weighted by Gasteiger charge is 2.30. The predicted octanol–water partition coefficient (Wildman–Crippen LogP) is 3.41. The van der Waals surface area contributed by atoms with Crippen molar-refractivity contribution in [3.05, 3.63) is 23.8 Å². The summed E-state index contributed by atoms with van der Waals surface area (Å²) in [6, 6.07) is 2.18. The molecule has 2 heterocycles. The molecule has 1 aromatic carbocycles. The van der Waals surface area contributed by atoms with Crippen LogP contribution in [0.25, 0.3) is 10.2 Å². The Bertz CT molecular complexity index is 765. The summed E-state index contributed by atoms with van der Waals surface area (Å²) in [7, 11) is 0. The SMILES string of the molecule is O=C(C1CCCC1)N1CCN(c2nc3c(F)cc(F)cc3s2)CC1. The first-order valence-corrected chi connectivity index (χ1v) is 9.23. The van der Waals surface area contributed by atoms with Crippen molar-refractivity contribution in [2.45, 2.75) is 25.7 Å². The number of nitrogens with zero attached hydrogens (tertiary/aromatic N) is 3. The van der Waals surface area contributed by atoms with Gasteiger partial charge in [0.05, 0.1) is 4.70 Å². The van der Waals surface area contributed by atoms with E-state index in [0.29, 0.717) is 36.0 Å². The Labute approximate surface area is 143 Å². The largest absolute Gasteiger partial charge is 0.345 e. The van der Waals surface area contributed by atoms with Crippen LogP contribution >= 0.6 is 11.3 Å². The van der Waals surface area contributed by atoms with Crippen LogP contribution in [0.5, 0.6) is 0 Å². The summed E-state index contributed by atoms with van der Waals surface area (Å²) >= 11 is 1.30. The summed E-state index contributed by atoms with van der Waals surface area (Å²) in [4.78, 5) is 20.8. The Balaban J connectivity index is 1.46. The van der Waals surface area contributed by atoms with E-state index in [1.807, 2.05) is 4.90 Å². The van der Waals surface area contributed by atoms with Gasteiger partial charge in [0.25, 0.3) is 0 Å². The maximum atomic E-state index is 13.8. The lowest BCUT2D eigenvalue weighted by Crippen LogP contribution is -2.50. The van der Waals surface area contributed by atoms with Crippen molar-refractivity contribution in [3.8, 4) is 0 Å². The van der Waals surface area contributed by atoms with Crippen molar-refractivity contribution in [3.63, 3.8) is 0 Å². The van der Waals surface area contributed by atoms with Gasteiger partial charge in [0, 0.05) is 38.2 Å². The molecule has 1 aromatic heterocycles. The quantitative estimate of drug-likeness (QED) is 0.832. The molecule has 1 saturated carbocycles. The Kier molecular flexibility index (Phi) is 4.12. The van der Waals surface area contributed by atoms with E-state index >= 15 is 0 Å². The van der Waals surface area contributed by atoms with E-state index < -0.39 is 11.6 Å². The molecule has 128 valence electrons. The Hall–Kier alpha value is -1.76. The van der Waals surface area contributed by atoms with Crippen LogP contribution in [0, 0.1) is 17.6 Å². The van der Waals surface area contributed by atoms with Crippen molar-refractivity contribution < 1.29 is 13.6 Å². The van der Waals surface area contributed by atoms with E-state index in [-0.39, 0.29) is 17.3 Å². The third-order valence-electron chi connectivity index (χ3n) is 4.97. The van der Waals surface area contributed by atoms with Gasteiger partial charge in [-0.1, -0.05) is 24.2 Å². The number of piperazine rings is 1. The molecule has 7 heteroatoms. The minimum atomic E-state index is -0.623. The molecule has 0 atom stereocenters. The van der Waals surface area contributed by atoms with Crippen molar-refractivity contribution in [1.29, 1.82) is 0 Å². The summed E-state index contributed by atoms with van der Waals surface area (Å²) in [5.74, 6) is -0.717. The summed E-state index contributed by atoms with van der Waals surface area (Å²) in [5.41, 5.74) is 0.223. The molecular formula is C17H19F2N3OS. The van der Waals surface area contributed by atoms with Gasteiger partial charge in [-0.15, -0.1) is 0 Å². The van der Waals surface area contributed by atoms with Crippen LogP contribution in [0.15, 0.2) is 12.1 Å². The molecule has 24 heavy (non-hydrogen) atoms. The van der Waals surface area contributed by atoms with Crippen LogP contribution in [0.1, 0.15) is 25.7 Å². The van der Waals surface area contributed by atoms with Crippen LogP contribution in [0.3, 0.4) is 0 Å². The number of benzene rings is 1. The van der Waals surface area contributed by atoms with Crippen LogP contribution < -0.4 is 4.90 Å². The van der Waals surface area contributed by atoms with Gasteiger partial charge in [-0.3, -0.25) is 4.79 Å². The highest BCUT2D eigenvalue weighted by molar-refractivity contribution is 7.22. The molecule has 1 saturated heterocycles. The molecule has 0 bridgehead atoms. The van der Waals surface area contributed by atoms with Gasteiger partial charge in [0.15, 0.2) is 10.9 Å². The molecule has 0 N–H and O–H groups in total. The number of carbonyl (C=O) groups excluding carboxylic acids is 1. The van der Waals surface area contributed by atoms with E-state index in [4.69, 9.17) is 0 Å². The first kappa shape index (κ1) is 15.7. The predicted molar refractivity (Wildman–Crippen MR) is 90.3 cm³/mol. The number of thiazole rings is 1. The number of halogens is 2. The Morgan fingerprint density at radius 1 is 1.12 bits per heavy atom. The van der Waals surface area contributed by atoms with Crippen molar-refractivity contribution in [1.82, 2.24) is 9.88 Å². The van der Waals surface area contributed by atoms with Gasteiger partial charge in [0.1, 0.15) is 11.3 Å². The molecule has 2 aromatic rings. The Morgan fingerprint density at radius 3 is 2.54 bits per heavy atom. The third-order valence-corrected chi connectivity index (χ3v) is 6.03. The molecule has 1 amide bonds. The molecule has 1 aliphatic heterocycles. The molecule has 0 unspecified atom stereocenters. The van der Waals surface area contributed by atoms with Gasteiger partial charge in [-0.05, 0) is 18.9 Å². The van der Waals surface area contributed by atoms with Gasteiger partial charge in [-0.25, -0.2) is 13.8 Å². The number of carbonyl (C=O) groups is 1. The number of hydrogen-bond donors (Lipinski definition) is 0. The number of fused-ring (bicyclic) bond motifs is 1. The van der Waals surface area contributed by atoms with Crippen molar-refractivity contribution in [2.24, 2.45) is 5.92 Å².